The van der Waals surface area contributed by atoms with Crippen molar-refractivity contribution in [3.8, 4) is 0 Å². The molecular formula is C9H18N2. The lowest BCUT2D eigenvalue weighted by Gasteiger charge is -2.31. The molecule has 0 spiro atoms. The summed E-state index contributed by atoms with van der Waals surface area (Å²) in [6, 6.07) is 0.711. The molecule has 2 rings (SSSR count). The third-order valence-corrected chi connectivity index (χ3v) is 2.67. The van der Waals surface area contributed by atoms with Crippen LogP contribution in [0.15, 0.2) is 0 Å². The first kappa shape index (κ1) is 7.56. The third kappa shape index (κ3) is 2.17. The lowest BCUT2D eigenvalue weighted by molar-refractivity contribution is 0.200. The molecule has 0 unspecified atom stereocenters. The van der Waals surface area contributed by atoms with E-state index in [2.05, 4.69) is 17.1 Å². The monoisotopic (exact) mass is 154 g/mol. The van der Waals surface area contributed by atoms with Gasteiger partial charge in [0.05, 0.1) is 0 Å². The number of nitrogens with zero attached hydrogens (tertiary/aromatic N) is 1. The molecule has 1 heterocycles. The Balaban J connectivity index is 1.73. The molecule has 1 saturated heterocycles. The molecule has 11 heavy (non-hydrogen) atoms. The second-order valence-corrected chi connectivity index (χ2v) is 4.06. The van der Waals surface area contributed by atoms with E-state index in [1.807, 2.05) is 0 Å². The Kier molecular flexibility index (Phi) is 2.14. The summed E-state index contributed by atoms with van der Waals surface area (Å²) in [6.07, 6.45) is 2.97. The topological polar surface area (TPSA) is 15.3 Å². The summed E-state index contributed by atoms with van der Waals surface area (Å²) in [5.41, 5.74) is 0. The summed E-state index contributed by atoms with van der Waals surface area (Å²) in [5, 5.41) is 3.46. The molecule has 0 radical (unpaired) electrons. The van der Waals surface area contributed by atoms with Gasteiger partial charge >= 0.3 is 0 Å². The second-order valence-electron chi connectivity index (χ2n) is 4.06. The van der Waals surface area contributed by atoms with Gasteiger partial charge in [0.25, 0.3) is 0 Å². The van der Waals surface area contributed by atoms with Crippen molar-refractivity contribution in [2.45, 2.75) is 25.8 Å². The minimum Gasteiger partial charge on any atom is -0.312 e. The molecule has 0 amide bonds. The van der Waals surface area contributed by atoms with Gasteiger partial charge in [-0.25, -0.2) is 0 Å². The van der Waals surface area contributed by atoms with Gasteiger partial charge in [-0.1, -0.05) is 0 Å². The van der Waals surface area contributed by atoms with Crippen LogP contribution in [0.5, 0.6) is 0 Å². The maximum absolute atomic E-state index is 3.46. The van der Waals surface area contributed by atoms with Crippen LogP contribution in [0.25, 0.3) is 0 Å². The summed E-state index contributed by atoms with van der Waals surface area (Å²) in [5.74, 6) is 1.06. The molecule has 1 aliphatic carbocycles. The molecule has 64 valence electrons. The lowest BCUT2D eigenvalue weighted by atomic mass is 10.2. The van der Waals surface area contributed by atoms with Crippen molar-refractivity contribution in [3.05, 3.63) is 0 Å². The smallest absolute Gasteiger partial charge is 0.0167 e. The van der Waals surface area contributed by atoms with Crippen molar-refractivity contribution in [2.24, 2.45) is 5.92 Å². The average Bonchev–Trinajstić information content (AvgIpc) is 2.71. The second kappa shape index (κ2) is 3.11. The molecule has 1 N–H and O–H groups in total. The predicted octanol–water partition coefficient (Wildman–Crippen LogP) is 0.690. The normalized spacial score (nSPS) is 34.1. The van der Waals surface area contributed by atoms with E-state index in [1.165, 1.54) is 39.0 Å². The van der Waals surface area contributed by atoms with Crippen molar-refractivity contribution >= 4 is 0 Å². The van der Waals surface area contributed by atoms with E-state index >= 15 is 0 Å². The Bertz CT molecular complexity index is 130. The zero-order valence-electron chi connectivity index (χ0n) is 7.34. The zero-order valence-corrected chi connectivity index (χ0v) is 7.34. The highest BCUT2D eigenvalue weighted by Gasteiger charge is 2.25. The molecular weight excluding hydrogens is 136 g/mol. The minimum absolute atomic E-state index is 0.711. The standard InChI is InChI=1S/C9H18N2/c1-8-6-11(5-4-10-8)7-9-2-3-9/h8-10H,2-7H2,1H3/t8-/m1/s1. The fourth-order valence-corrected chi connectivity index (χ4v) is 1.84. The van der Waals surface area contributed by atoms with Gasteiger partial charge in [0.2, 0.25) is 0 Å². The van der Waals surface area contributed by atoms with Crippen LogP contribution in [-0.2, 0) is 0 Å². The van der Waals surface area contributed by atoms with E-state index in [4.69, 9.17) is 0 Å². The Labute approximate surface area is 69.0 Å². The van der Waals surface area contributed by atoms with E-state index in [-0.39, 0.29) is 0 Å². The minimum atomic E-state index is 0.711. The van der Waals surface area contributed by atoms with Gasteiger partial charge in [-0.2, -0.15) is 0 Å². The van der Waals surface area contributed by atoms with Gasteiger partial charge in [0.15, 0.2) is 0 Å². The number of piperazine rings is 1. The maximum Gasteiger partial charge on any atom is 0.0167 e. The van der Waals surface area contributed by atoms with Crippen molar-refractivity contribution in [1.29, 1.82) is 0 Å². The van der Waals surface area contributed by atoms with Crippen molar-refractivity contribution < 1.29 is 0 Å². The van der Waals surface area contributed by atoms with Crippen LogP contribution in [0, 0.1) is 5.92 Å². The highest BCUT2D eigenvalue weighted by atomic mass is 15.2. The first-order chi connectivity index (χ1) is 5.34. The number of rotatable bonds is 2. The van der Waals surface area contributed by atoms with E-state index < -0.39 is 0 Å². The summed E-state index contributed by atoms with van der Waals surface area (Å²) in [6.45, 7) is 7.36. The number of nitrogens with one attached hydrogen (secondary N) is 1. The van der Waals surface area contributed by atoms with E-state index in [0.717, 1.165) is 5.92 Å². The fraction of sp³-hybridized carbons (Fsp3) is 1.00. The lowest BCUT2D eigenvalue weighted by Crippen LogP contribution is -2.49. The maximum atomic E-state index is 3.46. The van der Waals surface area contributed by atoms with E-state index in [1.54, 1.807) is 0 Å². The van der Waals surface area contributed by atoms with Crippen LogP contribution in [0.2, 0.25) is 0 Å². The number of hydrogen-bond donors (Lipinski definition) is 1. The molecule has 1 atom stereocenters. The largest absolute Gasteiger partial charge is 0.312 e. The van der Waals surface area contributed by atoms with Gasteiger partial charge in [-0.05, 0) is 25.7 Å². The zero-order chi connectivity index (χ0) is 7.68. The van der Waals surface area contributed by atoms with E-state index in [9.17, 15) is 0 Å². The van der Waals surface area contributed by atoms with Gasteiger partial charge in [0, 0.05) is 32.2 Å². The van der Waals surface area contributed by atoms with Gasteiger partial charge in [0.1, 0.15) is 0 Å². The Hall–Kier alpha value is -0.0800. The van der Waals surface area contributed by atoms with Crippen LogP contribution in [0.3, 0.4) is 0 Å². The molecule has 0 bridgehead atoms. The fourth-order valence-electron chi connectivity index (χ4n) is 1.84. The Morgan fingerprint density at radius 2 is 2.27 bits per heavy atom. The highest BCUT2D eigenvalue weighted by Crippen LogP contribution is 2.29. The Morgan fingerprint density at radius 3 is 2.91 bits per heavy atom. The van der Waals surface area contributed by atoms with Gasteiger partial charge in [-0.3, -0.25) is 0 Å². The van der Waals surface area contributed by atoms with Crippen LogP contribution in [0.1, 0.15) is 19.8 Å². The van der Waals surface area contributed by atoms with Crippen LogP contribution < -0.4 is 5.32 Å². The molecule has 2 aliphatic rings. The molecule has 1 aliphatic heterocycles. The van der Waals surface area contributed by atoms with Gasteiger partial charge in [-0.15, -0.1) is 0 Å². The first-order valence-corrected chi connectivity index (χ1v) is 4.80. The molecule has 0 aromatic rings. The number of hydrogen-bond acceptors (Lipinski definition) is 2. The molecule has 2 nitrogen and oxygen atoms in total. The molecule has 0 aromatic carbocycles. The third-order valence-electron chi connectivity index (χ3n) is 2.67. The predicted molar refractivity (Wildman–Crippen MR) is 46.6 cm³/mol. The summed E-state index contributed by atoms with van der Waals surface area (Å²) in [7, 11) is 0. The highest BCUT2D eigenvalue weighted by molar-refractivity contribution is 4.81. The summed E-state index contributed by atoms with van der Waals surface area (Å²) < 4.78 is 0. The molecule has 2 heteroatoms. The first-order valence-electron chi connectivity index (χ1n) is 4.80. The Morgan fingerprint density at radius 1 is 1.45 bits per heavy atom. The van der Waals surface area contributed by atoms with E-state index in [0.29, 0.717) is 6.04 Å². The quantitative estimate of drug-likeness (QED) is 0.629. The summed E-state index contributed by atoms with van der Waals surface area (Å²) >= 11 is 0. The van der Waals surface area contributed by atoms with Crippen LogP contribution in [0.4, 0.5) is 0 Å². The average molecular weight is 154 g/mol. The molecule has 1 saturated carbocycles. The molecule has 2 fully saturated rings. The SMILES string of the molecule is C[C@@H]1CN(CC2CC2)CCN1. The molecule has 0 aromatic heterocycles. The van der Waals surface area contributed by atoms with Crippen LogP contribution in [-0.4, -0.2) is 37.1 Å². The summed E-state index contributed by atoms with van der Waals surface area (Å²) in [4.78, 5) is 2.61. The van der Waals surface area contributed by atoms with Crippen molar-refractivity contribution in [3.63, 3.8) is 0 Å². The van der Waals surface area contributed by atoms with Crippen molar-refractivity contribution in [1.82, 2.24) is 10.2 Å². The van der Waals surface area contributed by atoms with Crippen molar-refractivity contribution in [2.75, 3.05) is 26.2 Å². The van der Waals surface area contributed by atoms with Gasteiger partial charge < -0.3 is 10.2 Å². The van der Waals surface area contributed by atoms with Crippen LogP contribution >= 0.6 is 0 Å².